The number of alkyl halides is 1. The summed E-state index contributed by atoms with van der Waals surface area (Å²) in [6.07, 6.45) is 29.5. The van der Waals surface area contributed by atoms with Crippen LogP contribution in [0.15, 0.2) is 59.7 Å². The summed E-state index contributed by atoms with van der Waals surface area (Å²) in [4.78, 5) is 43.5. The number of carbonyl (C=O) groups excluding carboxylic acids is 2. The van der Waals surface area contributed by atoms with E-state index in [4.69, 9.17) is 15.2 Å². The molecule has 2 aromatic carbocycles. The van der Waals surface area contributed by atoms with Gasteiger partial charge >= 0.3 is 269 Å². The van der Waals surface area contributed by atoms with Gasteiger partial charge in [-0.05, 0) is 103 Å². The molecule has 10 rings (SSSR count). The predicted molar refractivity (Wildman–Crippen MR) is 311 cm³/mol. The van der Waals surface area contributed by atoms with Crippen LogP contribution in [0.2, 0.25) is 0 Å². The molecular weight excluding hydrogens is 1080 g/mol. The summed E-state index contributed by atoms with van der Waals surface area (Å²) in [5.74, 6) is 6.69. The van der Waals surface area contributed by atoms with Gasteiger partial charge in [-0.1, -0.05) is 101 Å². The molecule has 0 bridgehead atoms. The molecule has 6 fully saturated rings. The van der Waals surface area contributed by atoms with Gasteiger partial charge in [0.25, 0.3) is 0 Å². The molecule has 0 radical (unpaired) electrons. The number of nitro groups is 1. The van der Waals surface area contributed by atoms with Crippen LogP contribution in [0.1, 0.15) is 231 Å². The Morgan fingerprint density at radius 2 is 1.22 bits per heavy atom. The van der Waals surface area contributed by atoms with Crippen LogP contribution >= 0.6 is 0 Å². The number of nitrogens with two attached hydrogens (primary N) is 1. The Balaban J connectivity index is 0.830. The average molecular weight is 1180 g/mol. The van der Waals surface area contributed by atoms with Gasteiger partial charge in [0.15, 0.2) is 0 Å². The molecule has 6 saturated carbocycles. The van der Waals surface area contributed by atoms with Gasteiger partial charge in [0.2, 0.25) is 0 Å². The number of non-ortho nitro benzene ring substituents is 1. The summed E-state index contributed by atoms with van der Waals surface area (Å²) >= 11 is -0.376. The molecule has 0 aromatic heterocycles. The zero-order valence-electron chi connectivity index (χ0n) is 50.0. The summed E-state index contributed by atoms with van der Waals surface area (Å²) in [6.45, 7) is 24.7. The molecule has 0 saturated heterocycles. The Labute approximate surface area is 481 Å². The summed E-state index contributed by atoms with van der Waals surface area (Å²) in [5.41, 5.74) is 12.5. The first-order chi connectivity index (χ1) is 37.0. The molecule has 0 aliphatic heterocycles. The van der Waals surface area contributed by atoms with E-state index in [1.165, 1.54) is 107 Å². The van der Waals surface area contributed by atoms with E-state index in [0.29, 0.717) is 58.6 Å². The zero-order valence-corrected chi connectivity index (χ0v) is 52.2. The first-order valence-electron chi connectivity index (χ1n) is 31.6. The van der Waals surface area contributed by atoms with E-state index in [0.717, 1.165) is 89.9 Å². The van der Waals surface area contributed by atoms with Crippen molar-refractivity contribution in [2.75, 3.05) is 4.93 Å². The second-order valence-electron chi connectivity index (χ2n) is 29.3. The fourth-order valence-electron chi connectivity index (χ4n) is 20.2. The number of allylic oxidation sites excluding steroid dienone is 1. The molecule has 9 heteroatoms. The van der Waals surface area contributed by atoms with Crippen LogP contribution in [-0.2, 0) is 9.47 Å². The third kappa shape index (κ3) is 10.5. The van der Waals surface area contributed by atoms with Gasteiger partial charge in [-0.25, -0.2) is 0 Å². The summed E-state index contributed by atoms with van der Waals surface area (Å²) in [7, 11) is 0. The second-order valence-corrected chi connectivity index (χ2v) is 31.6. The van der Waals surface area contributed by atoms with Crippen molar-refractivity contribution < 1.29 is 45.2 Å². The number of nitro benzene ring substituents is 1. The molecule has 78 heavy (non-hydrogen) atoms. The fraction of sp³-hybridized carbons (Fsp3) is 0.739. The zero-order chi connectivity index (χ0) is 55.7. The van der Waals surface area contributed by atoms with E-state index in [9.17, 15) is 19.7 Å². The molecule has 8 aliphatic rings. The van der Waals surface area contributed by atoms with E-state index in [2.05, 4.69) is 86.3 Å². The van der Waals surface area contributed by atoms with Gasteiger partial charge in [-0.15, -0.1) is 0 Å². The van der Waals surface area contributed by atoms with Gasteiger partial charge in [0.05, 0.1) is 0 Å². The number of carbonyl (C=O) groups is 2. The molecule has 0 spiro atoms. The van der Waals surface area contributed by atoms with Crippen molar-refractivity contribution in [3.05, 3.63) is 84.5 Å². The molecular formula is C69H100IN2O6-. The number of esters is 2. The van der Waals surface area contributed by atoms with E-state index < -0.39 is 16.9 Å². The Hall–Kier alpha value is -3.05. The maximum absolute atomic E-state index is 14.8. The number of fused-ring (bicyclic) bond motifs is 10. The number of halogens is 1. The van der Waals surface area contributed by atoms with Crippen molar-refractivity contribution in [3.8, 4) is 11.1 Å². The van der Waals surface area contributed by atoms with Gasteiger partial charge in [-0.3, -0.25) is 0 Å². The van der Waals surface area contributed by atoms with Crippen molar-refractivity contribution in [3.63, 3.8) is 0 Å². The van der Waals surface area contributed by atoms with Crippen LogP contribution in [0.3, 0.4) is 0 Å². The van der Waals surface area contributed by atoms with E-state index in [1.54, 1.807) is 6.07 Å². The van der Waals surface area contributed by atoms with E-state index >= 15 is 0 Å². The molecule has 2 N–H and O–H groups in total. The predicted octanol–water partition coefficient (Wildman–Crippen LogP) is 14.4. The van der Waals surface area contributed by atoms with Gasteiger partial charge < -0.3 is 5.73 Å². The molecule has 430 valence electrons. The molecule has 10 unspecified atom stereocenters. The standard InChI is InChI=1S/C69H100IN2O6/c1-42(2)14-12-16-44(5)57-24-25-59-54-21-18-46-38-50(29-33-65(46,7)60(54)31-35-67(57,59)9)77-63(73)55-40-48(70-11)19-22-52(55)53-23-20-49(72(75)76)41-56(53)64(74)78-51-30-34-66(8)47(39-51)28-37-69(71)61-27-26-58(45(6)17-13-15-43(3)4)68(61,10)36-32-62(66)69/h18-20,22-23,28,40-45,50-51,54,57-62H,12-17,21,24-27,29-39,71H2,1-11H3/q-1/t44-,45-,50?,51?,54?,57?,58?,59+,60+,61-,62-,65?,66?,67?,68?,69?/m1/s1. The first-order valence-corrected chi connectivity index (χ1v) is 34.8. The molecule has 8 aliphatic carbocycles. The first kappa shape index (κ1) is 58.2. The van der Waals surface area contributed by atoms with Crippen LogP contribution in [0.4, 0.5) is 5.69 Å². The number of benzene rings is 2. The van der Waals surface area contributed by atoms with Crippen molar-refractivity contribution in [2.45, 2.75) is 228 Å². The normalized spacial score (nSPS) is 37.7. The SMILES string of the molecule is C[I-]c1ccc(-c2ccc([N+](=O)[O-])cc2C(=O)OC2CCC3(C)C(=CCC4(N)[C@@H]3CCC3(C)C([C@H](C)CCCC(C)C)CC[C@H]34)C2)c(C(=O)OC2CCC3(C)C(=CCC4[C@@H]3CCC3(C)C([C@H](C)CCCC(C)C)CC[C@@H]43)C2)c1. The minimum atomic E-state index is -0.590. The topological polar surface area (TPSA) is 122 Å². The third-order valence-corrected chi connectivity index (χ3v) is 26.3. The molecule has 8 nitrogen and oxygen atoms in total. The summed E-state index contributed by atoms with van der Waals surface area (Å²) in [6, 6.07) is 10.3. The minimum absolute atomic E-state index is 0.0660. The van der Waals surface area contributed by atoms with Gasteiger partial charge in [-0.2, -0.15) is 0 Å². The van der Waals surface area contributed by atoms with Crippen LogP contribution in [0, 0.1) is 100 Å². The monoisotopic (exact) mass is 1180 g/mol. The summed E-state index contributed by atoms with van der Waals surface area (Å²) in [5, 5.41) is 12.3. The van der Waals surface area contributed by atoms with Crippen molar-refractivity contribution >= 4 is 17.6 Å². The number of nitrogens with zero attached hydrogens (tertiary/aromatic N) is 1. The Kier molecular flexibility index (Phi) is 16.9. The van der Waals surface area contributed by atoms with Crippen LogP contribution in [0.5, 0.6) is 0 Å². The van der Waals surface area contributed by atoms with Gasteiger partial charge in [0.1, 0.15) is 0 Å². The molecule has 16 atom stereocenters. The average Bonchev–Trinajstić information content (AvgIpc) is 4.14. The third-order valence-electron chi connectivity index (χ3n) is 24.4. The van der Waals surface area contributed by atoms with E-state index in [-0.39, 0.29) is 66.4 Å². The quantitative estimate of drug-likeness (QED) is 0.0418. The molecule has 0 heterocycles. The Morgan fingerprint density at radius 3 is 1.83 bits per heavy atom. The molecule has 0 amide bonds. The maximum atomic E-state index is 14.8. The van der Waals surface area contributed by atoms with Gasteiger partial charge in [0, 0.05) is 5.54 Å². The number of rotatable bonds is 17. The van der Waals surface area contributed by atoms with Crippen molar-refractivity contribution in [2.24, 2.45) is 92.5 Å². The van der Waals surface area contributed by atoms with Crippen molar-refractivity contribution in [1.29, 1.82) is 0 Å². The number of ether oxygens (including phenoxy) is 2. The Morgan fingerprint density at radius 1 is 0.654 bits per heavy atom. The molecule has 2 aromatic rings. The number of hydrogen-bond acceptors (Lipinski definition) is 7. The van der Waals surface area contributed by atoms with Crippen LogP contribution in [-0.4, -0.2) is 39.5 Å². The fourth-order valence-corrected chi connectivity index (χ4v) is 21.4. The van der Waals surface area contributed by atoms with Crippen LogP contribution < -0.4 is 26.9 Å². The van der Waals surface area contributed by atoms with Crippen LogP contribution in [0.25, 0.3) is 11.1 Å². The van der Waals surface area contributed by atoms with Crippen molar-refractivity contribution in [1.82, 2.24) is 0 Å². The Bertz CT molecular complexity index is 2640. The number of hydrogen-bond donors (Lipinski definition) is 1. The summed E-state index contributed by atoms with van der Waals surface area (Å²) < 4.78 is 14.2. The second kappa shape index (κ2) is 22.6. The van der Waals surface area contributed by atoms with E-state index in [1.807, 2.05) is 18.2 Å².